The Kier molecular flexibility index (Phi) is 7.19. The molecule has 0 aromatic heterocycles. The monoisotopic (exact) mass is 461 g/mol. The first-order valence-corrected chi connectivity index (χ1v) is 10.6. The van der Waals surface area contributed by atoms with E-state index < -0.39 is 17.1 Å². The molecule has 0 radical (unpaired) electrons. The van der Waals surface area contributed by atoms with Crippen LogP contribution in [0.3, 0.4) is 0 Å². The van der Waals surface area contributed by atoms with Crippen molar-refractivity contribution < 1.29 is 24.2 Å². The summed E-state index contributed by atoms with van der Waals surface area (Å²) in [7, 11) is 1.51. The largest absolute Gasteiger partial charge is 0.495 e. The van der Waals surface area contributed by atoms with E-state index in [0.29, 0.717) is 33.9 Å². The number of hydrogen-bond acceptors (Lipinski definition) is 6. The van der Waals surface area contributed by atoms with E-state index in [1.807, 2.05) is 6.92 Å². The Morgan fingerprint density at radius 3 is 2.74 bits per heavy atom. The van der Waals surface area contributed by atoms with Crippen molar-refractivity contribution in [2.75, 3.05) is 19.0 Å². The van der Waals surface area contributed by atoms with Crippen molar-refractivity contribution in [3.63, 3.8) is 0 Å². The first kappa shape index (κ1) is 22.6. The Labute approximate surface area is 188 Å². The Morgan fingerprint density at radius 2 is 2.10 bits per heavy atom. The zero-order valence-electron chi connectivity index (χ0n) is 16.8. The molecule has 2 aromatic rings. The standard InChI is InChI=1S/C21H20ClN3O5S/c1-3-25-18(26)11-17(19(27)23-13-6-4-5-12(9-13)20(28)29)31-21(25)24-14-7-8-16(30-2)15(22)10-14/h4-10,17H,3,11H2,1-2H3,(H,23,27)(H,28,29). The molecule has 162 valence electrons. The summed E-state index contributed by atoms with van der Waals surface area (Å²) in [5.74, 6) is -1.22. The summed E-state index contributed by atoms with van der Waals surface area (Å²) in [4.78, 5) is 42.6. The molecular weight excluding hydrogens is 442 g/mol. The number of nitrogens with zero attached hydrogens (tertiary/aromatic N) is 2. The molecule has 1 unspecified atom stereocenters. The predicted molar refractivity (Wildman–Crippen MR) is 121 cm³/mol. The van der Waals surface area contributed by atoms with E-state index in [4.69, 9.17) is 21.4 Å². The summed E-state index contributed by atoms with van der Waals surface area (Å²) in [5.41, 5.74) is 0.923. The second-order valence-corrected chi connectivity index (χ2v) is 8.11. The molecule has 8 nitrogen and oxygen atoms in total. The zero-order valence-corrected chi connectivity index (χ0v) is 18.4. The Bertz CT molecular complexity index is 1060. The lowest BCUT2D eigenvalue weighted by molar-refractivity contribution is -0.129. The molecule has 0 bridgehead atoms. The van der Waals surface area contributed by atoms with Gasteiger partial charge in [-0.05, 0) is 43.3 Å². The van der Waals surface area contributed by atoms with Crippen LogP contribution in [-0.4, -0.2) is 51.9 Å². The minimum absolute atomic E-state index is 0.00531. The minimum Gasteiger partial charge on any atom is -0.495 e. The number of carboxylic acid groups (broad SMARTS) is 1. The summed E-state index contributed by atoms with van der Waals surface area (Å²) in [6.07, 6.45) is 0.00531. The van der Waals surface area contributed by atoms with Gasteiger partial charge in [0.1, 0.15) is 11.0 Å². The third-order valence-corrected chi connectivity index (χ3v) is 5.97. The third-order valence-electron chi connectivity index (χ3n) is 4.49. The molecule has 31 heavy (non-hydrogen) atoms. The number of carbonyl (C=O) groups excluding carboxylic acids is 2. The van der Waals surface area contributed by atoms with E-state index in [9.17, 15) is 14.4 Å². The van der Waals surface area contributed by atoms with Crippen LogP contribution in [0.1, 0.15) is 23.7 Å². The SMILES string of the molecule is CCN1C(=O)CC(C(=O)Nc2cccc(C(=O)O)c2)SC1=Nc1ccc(OC)c(Cl)c1. The van der Waals surface area contributed by atoms with E-state index in [2.05, 4.69) is 10.3 Å². The molecule has 0 spiro atoms. The minimum atomic E-state index is -1.09. The van der Waals surface area contributed by atoms with Crippen LogP contribution in [0.4, 0.5) is 11.4 Å². The zero-order chi connectivity index (χ0) is 22.5. The number of rotatable bonds is 6. The first-order chi connectivity index (χ1) is 14.8. The average molecular weight is 462 g/mol. The van der Waals surface area contributed by atoms with Crippen molar-refractivity contribution >= 4 is 57.7 Å². The van der Waals surface area contributed by atoms with Crippen molar-refractivity contribution in [2.24, 2.45) is 4.99 Å². The fourth-order valence-electron chi connectivity index (χ4n) is 2.94. The normalized spacial score (nSPS) is 17.5. The number of aromatic carboxylic acids is 1. The molecule has 2 N–H and O–H groups in total. The van der Waals surface area contributed by atoms with Crippen LogP contribution in [0.5, 0.6) is 5.75 Å². The number of thioether (sulfide) groups is 1. The van der Waals surface area contributed by atoms with Crippen molar-refractivity contribution in [2.45, 2.75) is 18.6 Å². The predicted octanol–water partition coefficient (Wildman–Crippen LogP) is 4.03. The molecule has 2 amide bonds. The topological polar surface area (TPSA) is 108 Å². The number of carbonyl (C=O) groups is 3. The number of hydrogen-bond donors (Lipinski definition) is 2. The highest BCUT2D eigenvalue weighted by Gasteiger charge is 2.35. The van der Waals surface area contributed by atoms with Crippen molar-refractivity contribution in [1.82, 2.24) is 4.90 Å². The molecule has 3 rings (SSSR count). The summed E-state index contributed by atoms with van der Waals surface area (Å²) < 4.78 is 5.14. The molecule has 1 aliphatic rings. The van der Waals surface area contributed by atoms with Crippen molar-refractivity contribution in [1.29, 1.82) is 0 Å². The van der Waals surface area contributed by atoms with Crippen LogP contribution < -0.4 is 10.1 Å². The number of halogens is 1. The summed E-state index contributed by atoms with van der Waals surface area (Å²) >= 11 is 7.33. The maximum atomic E-state index is 12.8. The van der Waals surface area contributed by atoms with Gasteiger partial charge in [0.15, 0.2) is 5.17 Å². The Balaban J connectivity index is 1.82. The van der Waals surface area contributed by atoms with Gasteiger partial charge in [-0.1, -0.05) is 29.4 Å². The number of nitrogens with one attached hydrogen (secondary N) is 1. The number of anilines is 1. The third kappa shape index (κ3) is 5.36. The fourth-order valence-corrected chi connectivity index (χ4v) is 4.36. The van der Waals surface area contributed by atoms with Gasteiger partial charge in [-0.2, -0.15) is 0 Å². The van der Waals surface area contributed by atoms with Gasteiger partial charge in [0.05, 0.1) is 23.4 Å². The number of amidine groups is 1. The Morgan fingerprint density at radius 1 is 1.32 bits per heavy atom. The number of ether oxygens (including phenoxy) is 1. The summed E-state index contributed by atoms with van der Waals surface area (Å²) in [6, 6.07) is 10.9. The van der Waals surface area contributed by atoms with Gasteiger partial charge in [0, 0.05) is 18.7 Å². The lowest BCUT2D eigenvalue weighted by Crippen LogP contribution is -2.45. The molecule has 2 aromatic carbocycles. The van der Waals surface area contributed by atoms with Crippen LogP contribution in [0.25, 0.3) is 0 Å². The summed E-state index contributed by atoms with van der Waals surface area (Å²) in [6.45, 7) is 2.23. The molecule has 1 fully saturated rings. The lowest BCUT2D eigenvalue weighted by atomic mass is 10.2. The number of amides is 2. The molecule has 1 saturated heterocycles. The lowest BCUT2D eigenvalue weighted by Gasteiger charge is -2.31. The highest BCUT2D eigenvalue weighted by molar-refractivity contribution is 8.15. The van der Waals surface area contributed by atoms with Gasteiger partial charge in [0.2, 0.25) is 11.8 Å². The van der Waals surface area contributed by atoms with E-state index in [1.165, 1.54) is 42.0 Å². The molecule has 1 atom stereocenters. The fraction of sp³-hybridized carbons (Fsp3) is 0.238. The summed E-state index contributed by atoms with van der Waals surface area (Å²) in [5, 5.41) is 11.9. The van der Waals surface area contributed by atoms with E-state index >= 15 is 0 Å². The van der Waals surface area contributed by atoms with Gasteiger partial charge in [-0.3, -0.25) is 14.5 Å². The van der Waals surface area contributed by atoms with Crippen molar-refractivity contribution in [3.8, 4) is 5.75 Å². The van der Waals surface area contributed by atoms with Gasteiger partial charge in [0.25, 0.3) is 0 Å². The number of aliphatic imine (C=N–C) groups is 1. The quantitative estimate of drug-likeness (QED) is 0.672. The van der Waals surface area contributed by atoms with E-state index in [1.54, 1.807) is 24.3 Å². The van der Waals surface area contributed by atoms with Crippen LogP contribution in [0.15, 0.2) is 47.5 Å². The highest BCUT2D eigenvalue weighted by atomic mass is 35.5. The average Bonchev–Trinajstić information content (AvgIpc) is 2.74. The second kappa shape index (κ2) is 9.84. The van der Waals surface area contributed by atoms with Crippen LogP contribution in [-0.2, 0) is 9.59 Å². The van der Waals surface area contributed by atoms with Gasteiger partial charge in [-0.15, -0.1) is 0 Å². The van der Waals surface area contributed by atoms with Crippen LogP contribution in [0, 0.1) is 0 Å². The highest BCUT2D eigenvalue weighted by Crippen LogP contribution is 2.33. The second-order valence-electron chi connectivity index (χ2n) is 6.54. The van der Waals surface area contributed by atoms with Crippen molar-refractivity contribution in [3.05, 3.63) is 53.1 Å². The maximum absolute atomic E-state index is 12.8. The van der Waals surface area contributed by atoms with Gasteiger partial charge in [-0.25, -0.2) is 9.79 Å². The van der Waals surface area contributed by atoms with E-state index in [-0.39, 0.29) is 17.9 Å². The Hall–Kier alpha value is -3.04. The van der Waals surface area contributed by atoms with Gasteiger partial charge < -0.3 is 15.2 Å². The van der Waals surface area contributed by atoms with E-state index in [0.717, 1.165) is 0 Å². The smallest absolute Gasteiger partial charge is 0.335 e. The first-order valence-electron chi connectivity index (χ1n) is 9.35. The molecule has 0 aliphatic carbocycles. The number of benzene rings is 2. The molecule has 10 heteroatoms. The molecular formula is C21H20ClN3O5S. The van der Waals surface area contributed by atoms with Crippen LogP contribution in [0.2, 0.25) is 5.02 Å². The number of carboxylic acids is 1. The molecule has 1 aliphatic heterocycles. The maximum Gasteiger partial charge on any atom is 0.335 e. The van der Waals surface area contributed by atoms with Gasteiger partial charge >= 0.3 is 5.97 Å². The van der Waals surface area contributed by atoms with Crippen LogP contribution >= 0.6 is 23.4 Å². The molecule has 1 heterocycles. The number of methoxy groups -OCH3 is 1. The molecule has 0 saturated carbocycles.